The minimum absolute atomic E-state index is 0.0731. The molecule has 0 amide bonds. The van der Waals surface area contributed by atoms with Crippen LogP contribution in [-0.2, 0) is 23.1 Å². The van der Waals surface area contributed by atoms with Crippen molar-refractivity contribution in [2.24, 2.45) is 0 Å². The second-order valence-electron chi connectivity index (χ2n) is 7.65. The molecule has 0 unspecified atom stereocenters. The third kappa shape index (κ3) is 4.33. The Morgan fingerprint density at radius 1 is 0.939 bits per heavy atom. The fraction of sp³-hybridized carbons (Fsp3) is 0.167. The van der Waals surface area contributed by atoms with E-state index in [2.05, 4.69) is 9.97 Å². The van der Waals surface area contributed by atoms with Crippen molar-refractivity contribution < 1.29 is 17.9 Å². The number of H-pyrrole nitrogens is 1. The molecule has 0 fully saturated rings. The van der Waals surface area contributed by atoms with Crippen LogP contribution in [-0.4, -0.2) is 35.9 Å². The van der Waals surface area contributed by atoms with Gasteiger partial charge in [-0.3, -0.25) is 9.78 Å². The highest BCUT2D eigenvalue weighted by Crippen LogP contribution is 2.34. The third-order valence-corrected chi connectivity index (χ3v) is 7.20. The van der Waals surface area contributed by atoms with Crippen molar-refractivity contribution in [3.05, 3.63) is 94.5 Å². The maximum Gasteiger partial charge on any atom is 0.252 e. The third-order valence-electron chi connectivity index (χ3n) is 5.39. The second kappa shape index (κ2) is 8.68. The zero-order valence-corrected chi connectivity index (χ0v) is 18.4. The van der Waals surface area contributed by atoms with Crippen molar-refractivity contribution in [2.75, 3.05) is 13.2 Å². The van der Waals surface area contributed by atoms with Crippen molar-refractivity contribution in [1.82, 2.24) is 14.3 Å². The molecule has 0 radical (unpaired) electrons. The number of benzene rings is 2. The highest BCUT2D eigenvalue weighted by atomic mass is 32.2. The minimum atomic E-state index is -3.87. The average Bonchev–Trinajstić information content (AvgIpc) is 2.84. The average molecular weight is 464 g/mol. The monoisotopic (exact) mass is 463 g/mol. The molecular weight excluding hydrogens is 442 g/mol. The van der Waals surface area contributed by atoms with Crippen LogP contribution in [0.25, 0.3) is 10.9 Å². The molecule has 1 aliphatic heterocycles. The normalized spacial score (nSPS) is 13.4. The van der Waals surface area contributed by atoms with Gasteiger partial charge in [0, 0.05) is 42.5 Å². The highest BCUT2D eigenvalue weighted by Gasteiger charge is 2.26. The number of nitrogens with zero attached hydrogens (tertiary/aromatic N) is 2. The van der Waals surface area contributed by atoms with Gasteiger partial charge in [0.15, 0.2) is 11.5 Å². The molecule has 8 nitrogen and oxygen atoms in total. The Kier molecular flexibility index (Phi) is 5.57. The molecule has 3 heterocycles. The van der Waals surface area contributed by atoms with Gasteiger partial charge < -0.3 is 14.5 Å². The van der Waals surface area contributed by atoms with Gasteiger partial charge in [-0.15, -0.1) is 0 Å². The summed E-state index contributed by atoms with van der Waals surface area (Å²) in [6.45, 7) is 0.861. The fourth-order valence-corrected chi connectivity index (χ4v) is 5.19. The summed E-state index contributed by atoms with van der Waals surface area (Å²) in [5, 5.41) is 0.729. The quantitative estimate of drug-likeness (QED) is 0.472. The Balaban J connectivity index is 1.56. The molecule has 0 bridgehead atoms. The number of nitrogens with one attached hydrogen (secondary N) is 1. The summed E-state index contributed by atoms with van der Waals surface area (Å²) in [5.41, 5.74) is 1.27. The maximum absolute atomic E-state index is 13.5. The predicted octanol–water partition coefficient (Wildman–Crippen LogP) is 3.09. The van der Waals surface area contributed by atoms with Gasteiger partial charge in [-0.1, -0.05) is 24.3 Å². The molecule has 2 aromatic heterocycles. The number of rotatable bonds is 6. The van der Waals surface area contributed by atoms with Crippen LogP contribution in [0.3, 0.4) is 0 Å². The maximum atomic E-state index is 13.5. The molecule has 4 aromatic rings. The number of hydrogen-bond donors (Lipinski definition) is 1. The summed E-state index contributed by atoms with van der Waals surface area (Å²) in [6, 6.07) is 16.9. The first kappa shape index (κ1) is 21.2. The lowest BCUT2D eigenvalue weighted by Gasteiger charge is -2.22. The number of sulfonamides is 1. The van der Waals surface area contributed by atoms with Gasteiger partial charge in [0.1, 0.15) is 13.2 Å². The zero-order chi connectivity index (χ0) is 22.8. The van der Waals surface area contributed by atoms with Crippen molar-refractivity contribution in [3.8, 4) is 11.5 Å². The molecule has 33 heavy (non-hydrogen) atoms. The Morgan fingerprint density at radius 2 is 1.70 bits per heavy atom. The van der Waals surface area contributed by atoms with E-state index in [1.165, 1.54) is 4.31 Å². The topological polar surface area (TPSA) is 102 Å². The van der Waals surface area contributed by atoms with E-state index >= 15 is 0 Å². The molecule has 0 spiro atoms. The first-order chi connectivity index (χ1) is 16.0. The van der Waals surface area contributed by atoms with Gasteiger partial charge >= 0.3 is 0 Å². The van der Waals surface area contributed by atoms with Crippen LogP contribution in [0.5, 0.6) is 11.5 Å². The SMILES string of the molecule is O=c1[nH]c2cc3c(cc2cc1CN(Cc1cccnc1)S(=O)(=O)c1ccccc1)OCCO3. The molecule has 1 N–H and O–H groups in total. The van der Waals surface area contributed by atoms with Gasteiger partial charge in [-0.05, 0) is 35.9 Å². The summed E-state index contributed by atoms with van der Waals surface area (Å²) in [5.74, 6) is 1.16. The molecule has 9 heteroatoms. The summed E-state index contributed by atoms with van der Waals surface area (Å²) in [6.07, 6.45) is 3.24. The number of aromatic nitrogens is 2. The van der Waals surface area contributed by atoms with Gasteiger partial charge in [-0.25, -0.2) is 8.42 Å². The Labute approximate surface area is 190 Å². The molecule has 168 valence electrons. The van der Waals surface area contributed by atoms with E-state index in [1.807, 2.05) is 0 Å². The molecular formula is C24H21N3O5S. The number of aromatic amines is 1. The smallest absolute Gasteiger partial charge is 0.252 e. The summed E-state index contributed by atoms with van der Waals surface area (Å²) >= 11 is 0. The van der Waals surface area contributed by atoms with Gasteiger partial charge in [0.25, 0.3) is 5.56 Å². The van der Waals surface area contributed by atoms with Crippen LogP contribution in [0.4, 0.5) is 0 Å². The number of pyridine rings is 2. The van der Waals surface area contributed by atoms with E-state index in [-0.39, 0.29) is 23.5 Å². The van der Waals surface area contributed by atoms with E-state index in [1.54, 1.807) is 73.1 Å². The molecule has 1 aliphatic rings. The lowest BCUT2D eigenvalue weighted by molar-refractivity contribution is 0.172. The Morgan fingerprint density at radius 3 is 2.42 bits per heavy atom. The van der Waals surface area contributed by atoms with E-state index in [0.717, 1.165) is 5.39 Å². The lowest BCUT2D eigenvalue weighted by Crippen LogP contribution is -2.32. The zero-order valence-electron chi connectivity index (χ0n) is 17.6. The fourth-order valence-electron chi connectivity index (χ4n) is 3.76. The molecule has 0 aliphatic carbocycles. The molecule has 2 aromatic carbocycles. The Hall–Kier alpha value is -3.69. The van der Waals surface area contributed by atoms with E-state index < -0.39 is 10.0 Å². The van der Waals surface area contributed by atoms with Crippen molar-refractivity contribution in [3.63, 3.8) is 0 Å². The minimum Gasteiger partial charge on any atom is -0.486 e. The van der Waals surface area contributed by atoms with E-state index in [0.29, 0.717) is 41.4 Å². The van der Waals surface area contributed by atoms with Crippen LogP contribution in [0.1, 0.15) is 11.1 Å². The standard InChI is InChI=1S/C24H21N3O5S/c28-24-19(11-18-12-22-23(13-21(18)26-24)32-10-9-31-22)16-27(15-17-5-4-8-25-14-17)33(29,30)20-6-2-1-3-7-20/h1-8,11-14H,9-10,15-16H2,(H,26,28). The number of fused-ring (bicyclic) bond motifs is 2. The predicted molar refractivity (Wildman–Crippen MR) is 123 cm³/mol. The van der Waals surface area contributed by atoms with Gasteiger partial charge in [0.2, 0.25) is 10.0 Å². The largest absolute Gasteiger partial charge is 0.486 e. The van der Waals surface area contributed by atoms with Gasteiger partial charge in [-0.2, -0.15) is 4.31 Å². The van der Waals surface area contributed by atoms with Crippen LogP contribution in [0, 0.1) is 0 Å². The summed E-state index contributed by atoms with van der Waals surface area (Å²) < 4.78 is 39.4. The van der Waals surface area contributed by atoms with Gasteiger partial charge in [0.05, 0.1) is 10.4 Å². The summed E-state index contributed by atoms with van der Waals surface area (Å²) in [4.78, 5) is 20.0. The Bertz CT molecular complexity index is 1450. The van der Waals surface area contributed by atoms with Crippen molar-refractivity contribution in [2.45, 2.75) is 18.0 Å². The second-order valence-corrected chi connectivity index (χ2v) is 9.59. The van der Waals surface area contributed by atoms with Crippen LogP contribution >= 0.6 is 0 Å². The highest BCUT2D eigenvalue weighted by molar-refractivity contribution is 7.89. The number of hydrogen-bond acceptors (Lipinski definition) is 6. The summed E-state index contributed by atoms with van der Waals surface area (Å²) in [7, 11) is -3.87. The van der Waals surface area contributed by atoms with E-state index in [4.69, 9.17) is 9.47 Å². The van der Waals surface area contributed by atoms with Crippen LogP contribution < -0.4 is 15.0 Å². The molecule has 0 atom stereocenters. The molecule has 0 saturated heterocycles. The van der Waals surface area contributed by atoms with Crippen molar-refractivity contribution >= 4 is 20.9 Å². The van der Waals surface area contributed by atoms with Crippen LogP contribution in [0.15, 0.2) is 82.7 Å². The first-order valence-electron chi connectivity index (χ1n) is 10.4. The lowest BCUT2D eigenvalue weighted by atomic mass is 10.1. The molecule has 5 rings (SSSR count). The van der Waals surface area contributed by atoms with Crippen LogP contribution in [0.2, 0.25) is 0 Å². The first-order valence-corrected chi connectivity index (χ1v) is 11.8. The van der Waals surface area contributed by atoms with E-state index in [9.17, 15) is 13.2 Å². The number of ether oxygens (including phenoxy) is 2. The van der Waals surface area contributed by atoms with Crippen molar-refractivity contribution in [1.29, 1.82) is 0 Å². The molecule has 0 saturated carbocycles.